The second-order valence-electron chi connectivity index (χ2n) is 6.28. The molecule has 3 aromatic rings. The first-order chi connectivity index (χ1) is 11.7. The maximum atomic E-state index is 14.2. The number of rotatable bonds is 3. The topological polar surface area (TPSA) is 42.4 Å². The number of hydrogen-bond donors (Lipinski definition) is 1. The third kappa shape index (κ3) is 3.25. The van der Waals surface area contributed by atoms with E-state index in [2.05, 4.69) is 4.98 Å². The van der Waals surface area contributed by atoms with E-state index in [0.29, 0.717) is 11.1 Å². The largest absolute Gasteiger partial charge is 0.455 e. The molecule has 1 N–H and O–H groups in total. The van der Waals surface area contributed by atoms with Gasteiger partial charge in [-0.3, -0.25) is 0 Å². The molecule has 0 aliphatic heterocycles. The van der Waals surface area contributed by atoms with Gasteiger partial charge in [-0.15, -0.1) is 0 Å². The molecule has 0 bridgehead atoms. The fourth-order valence-electron chi connectivity index (χ4n) is 2.66. The lowest BCUT2D eigenvalue weighted by molar-refractivity contribution is 0.471. The van der Waals surface area contributed by atoms with Gasteiger partial charge in [0.1, 0.15) is 22.8 Å². The smallest absolute Gasteiger partial charge is 0.221 e. The quantitative estimate of drug-likeness (QED) is 0.711. The second-order valence-corrected chi connectivity index (χ2v) is 9.90. The molecule has 3 nitrogen and oxygen atoms in total. The first-order valence-electron chi connectivity index (χ1n) is 7.63. The summed E-state index contributed by atoms with van der Waals surface area (Å²) in [5.74, 6) is -2.08. The summed E-state index contributed by atoms with van der Waals surface area (Å²) in [5, 5.41) is 0.498. The van der Waals surface area contributed by atoms with Gasteiger partial charge in [0.2, 0.25) is 8.32 Å². The number of hydrogen-bond acceptors (Lipinski definition) is 3. The van der Waals surface area contributed by atoms with Crippen molar-refractivity contribution in [1.29, 1.82) is 0 Å². The molecule has 25 heavy (non-hydrogen) atoms. The van der Waals surface area contributed by atoms with Gasteiger partial charge in [0.25, 0.3) is 0 Å². The predicted octanol–water partition coefficient (Wildman–Crippen LogP) is 4.16. The predicted molar refractivity (Wildman–Crippen MR) is 92.2 cm³/mol. The van der Waals surface area contributed by atoms with E-state index in [1.807, 2.05) is 0 Å². The van der Waals surface area contributed by atoms with Gasteiger partial charge >= 0.3 is 0 Å². The van der Waals surface area contributed by atoms with Gasteiger partial charge in [0.05, 0.1) is 5.69 Å². The highest BCUT2D eigenvalue weighted by Gasteiger charge is 2.29. The highest BCUT2D eigenvalue weighted by Crippen LogP contribution is 2.29. The summed E-state index contributed by atoms with van der Waals surface area (Å²) in [4.78, 5) is 14.4. The maximum Gasteiger partial charge on any atom is 0.221 e. The molecule has 0 atom stereocenters. The average molecular weight is 363 g/mol. The lowest BCUT2D eigenvalue weighted by Gasteiger charge is -2.20. The molecular formula is C18H16F3NO2Si. The number of benzene rings is 2. The number of ether oxygens (including phenoxy) is 1. The Bertz CT molecular complexity index is 971. The zero-order valence-electron chi connectivity index (χ0n) is 13.9. The Morgan fingerprint density at radius 1 is 1.00 bits per heavy atom. The fraction of sp³-hybridized carbons (Fsp3) is 0.167. The molecule has 0 amide bonds. The van der Waals surface area contributed by atoms with E-state index in [0.717, 1.165) is 6.07 Å². The second kappa shape index (κ2) is 6.16. The Hall–Kier alpha value is -2.38. The Morgan fingerprint density at radius 3 is 2.40 bits per heavy atom. The first-order valence-corrected chi connectivity index (χ1v) is 10.6. The molecule has 0 radical (unpaired) electrons. The third-order valence-corrected chi connectivity index (χ3v) is 5.54. The van der Waals surface area contributed by atoms with Gasteiger partial charge in [-0.05, 0) is 50.3 Å². The van der Waals surface area contributed by atoms with Gasteiger partial charge in [-0.1, -0.05) is 6.07 Å². The van der Waals surface area contributed by atoms with E-state index in [9.17, 15) is 18.0 Å². The summed E-state index contributed by atoms with van der Waals surface area (Å²) in [5.41, 5.74) is 0.228. The molecule has 0 fully saturated rings. The van der Waals surface area contributed by atoms with E-state index in [1.165, 1.54) is 24.3 Å². The molecule has 3 rings (SSSR count). The first kappa shape index (κ1) is 17.4. The molecule has 0 saturated carbocycles. The molecule has 2 aromatic carbocycles. The molecule has 0 aliphatic rings. The Morgan fingerprint density at radius 2 is 1.72 bits per heavy atom. The van der Waals surface area contributed by atoms with Crippen LogP contribution in [0.4, 0.5) is 13.2 Å². The van der Waals surface area contributed by atoms with E-state index >= 15 is 0 Å². The summed E-state index contributed by atoms with van der Waals surface area (Å²) in [6, 6.07) is 8.21. The van der Waals surface area contributed by atoms with Crippen LogP contribution in [0.2, 0.25) is 13.1 Å². The van der Waals surface area contributed by atoms with E-state index in [1.54, 1.807) is 26.1 Å². The normalized spacial score (nSPS) is 11.8. The van der Waals surface area contributed by atoms with Crippen molar-refractivity contribution in [1.82, 2.24) is 4.98 Å². The van der Waals surface area contributed by atoms with Crippen LogP contribution in [0, 0.1) is 24.4 Å². The minimum atomic E-state index is -2.99. The number of pyridine rings is 1. The third-order valence-electron chi connectivity index (χ3n) is 3.83. The van der Waals surface area contributed by atoms with Crippen molar-refractivity contribution in [2.75, 3.05) is 0 Å². The molecule has 0 aliphatic carbocycles. The van der Waals surface area contributed by atoms with Crippen molar-refractivity contribution < 1.29 is 22.7 Å². The molecule has 1 heterocycles. The van der Waals surface area contributed by atoms with Crippen molar-refractivity contribution >= 4 is 24.4 Å². The molecule has 0 spiro atoms. The van der Waals surface area contributed by atoms with Crippen LogP contribution in [0.25, 0.3) is 10.9 Å². The van der Waals surface area contributed by atoms with Crippen LogP contribution >= 0.6 is 0 Å². The minimum Gasteiger partial charge on any atom is -0.455 e. The van der Waals surface area contributed by atoms with E-state index in [4.69, 9.17) is 4.74 Å². The number of aromatic nitrogens is 1. The maximum absolute atomic E-state index is 14.2. The molecule has 1 aromatic heterocycles. The number of nitrogens with zero attached hydrogens (tertiary/aromatic N) is 1. The van der Waals surface area contributed by atoms with Crippen molar-refractivity contribution in [3.05, 3.63) is 59.5 Å². The fourth-order valence-corrected chi connectivity index (χ4v) is 4.06. The van der Waals surface area contributed by atoms with Crippen molar-refractivity contribution in [2.24, 2.45) is 0 Å². The summed E-state index contributed by atoms with van der Waals surface area (Å²) >= 11 is 0. The lowest BCUT2D eigenvalue weighted by Crippen LogP contribution is -2.44. The number of fused-ring (bicyclic) bond motifs is 1. The minimum absolute atomic E-state index is 0.0961. The summed E-state index contributed by atoms with van der Waals surface area (Å²) < 4.78 is 47.2. The van der Waals surface area contributed by atoms with Gasteiger partial charge in [-0.25, -0.2) is 18.2 Å². The number of aryl methyl sites for hydroxylation is 1. The zero-order valence-corrected chi connectivity index (χ0v) is 14.9. The molecule has 0 saturated heterocycles. The SMILES string of the molecule is Cc1nc2c(F)c(F)ccc2cc1Oc1cccc(F)c1[Si](C)(C)O. The zero-order chi connectivity index (χ0) is 18.4. The molecule has 0 unspecified atom stereocenters. The van der Waals surface area contributed by atoms with Crippen molar-refractivity contribution in [2.45, 2.75) is 20.0 Å². The standard InChI is InChI=1S/C18H16F3NO2Si/c1-10-15(9-11-7-8-12(19)16(21)17(11)22-10)24-14-6-4-5-13(20)18(14)25(2,3)23/h4-9,23H,1-3H3. The number of halogens is 3. The highest BCUT2D eigenvalue weighted by molar-refractivity contribution is 6.84. The summed E-state index contributed by atoms with van der Waals surface area (Å²) in [7, 11) is -2.99. The van der Waals surface area contributed by atoms with Crippen molar-refractivity contribution in [3.63, 3.8) is 0 Å². The molecule has 7 heteroatoms. The highest BCUT2D eigenvalue weighted by atomic mass is 28.4. The van der Waals surface area contributed by atoms with Crippen LogP contribution in [0.15, 0.2) is 36.4 Å². The van der Waals surface area contributed by atoms with Crippen LogP contribution in [0.1, 0.15) is 5.69 Å². The Labute approximate surface area is 143 Å². The monoisotopic (exact) mass is 363 g/mol. The van der Waals surface area contributed by atoms with Crippen LogP contribution in [-0.2, 0) is 0 Å². The van der Waals surface area contributed by atoms with Gasteiger partial charge in [0, 0.05) is 10.6 Å². The Balaban J connectivity index is 2.12. The molecular weight excluding hydrogens is 347 g/mol. The lowest BCUT2D eigenvalue weighted by atomic mass is 10.2. The molecule has 130 valence electrons. The van der Waals surface area contributed by atoms with E-state index in [-0.39, 0.29) is 22.2 Å². The van der Waals surface area contributed by atoms with Crippen LogP contribution in [0.5, 0.6) is 11.5 Å². The van der Waals surface area contributed by atoms with Gasteiger partial charge < -0.3 is 9.53 Å². The summed E-state index contributed by atoms with van der Waals surface area (Å²) in [6.45, 7) is 4.75. The van der Waals surface area contributed by atoms with Crippen LogP contribution in [0.3, 0.4) is 0 Å². The Kier molecular flexibility index (Phi) is 4.30. The average Bonchev–Trinajstić information content (AvgIpc) is 2.51. The van der Waals surface area contributed by atoms with Gasteiger partial charge in [-0.2, -0.15) is 0 Å². The van der Waals surface area contributed by atoms with Crippen molar-refractivity contribution in [3.8, 4) is 11.5 Å². The summed E-state index contributed by atoms with van der Waals surface area (Å²) in [6.07, 6.45) is 0. The van der Waals surface area contributed by atoms with Crippen LogP contribution < -0.4 is 9.92 Å². The van der Waals surface area contributed by atoms with E-state index < -0.39 is 25.8 Å². The van der Waals surface area contributed by atoms with Crippen LogP contribution in [-0.4, -0.2) is 18.1 Å². The van der Waals surface area contributed by atoms with Gasteiger partial charge in [0.15, 0.2) is 11.6 Å².